The number of fused-ring (bicyclic) bond motifs is 1. The number of rotatable bonds is 0. The van der Waals surface area contributed by atoms with Crippen LogP contribution in [0.2, 0.25) is 0 Å². The van der Waals surface area contributed by atoms with Crippen molar-refractivity contribution in [3.05, 3.63) is 18.1 Å². The van der Waals surface area contributed by atoms with E-state index in [0.717, 1.165) is 17.0 Å². The van der Waals surface area contributed by atoms with Gasteiger partial charge in [0.15, 0.2) is 5.65 Å². The van der Waals surface area contributed by atoms with Gasteiger partial charge < -0.3 is 10.7 Å². The second-order valence-corrected chi connectivity index (χ2v) is 2.25. The van der Waals surface area contributed by atoms with Crippen LogP contribution in [-0.4, -0.2) is 14.6 Å². The molecule has 0 unspecified atom stereocenters. The molecule has 0 radical (unpaired) electrons. The zero-order valence-electron chi connectivity index (χ0n) is 6.44. The van der Waals surface area contributed by atoms with Gasteiger partial charge in [0.2, 0.25) is 0 Å². The smallest absolute Gasteiger partial charge is 0.156 e. The third kappa shape index (κ3) is 1.35. The number of imidazole rings is 1. The van der Waals surface area contributed by atoms with Crippen molar-refractivity contribution in [3.63, 3.8) is 0 Å². The Hall–Kier alpha value is -0.870. The van der Waals surface area contributed by atoms with Crippen molar-refractivity contribution in [2.45, 2.75) is 6.92 Å². The molecule has 0 amide bonds. The lowest BCUT2D eigenvalue weighted by Gasteiger charge is -1.82. The van der Waals surface area contributed by atoms with E-state index in [9.17, 15) is 0 Å². The maximum Gasteiger partial charge on any atom is 0.156 e. The normalized spacial score (nSPS) is 9.08. The van der Waals surface area contributed by atoms with Crippen molar-refractivity contribution >= 4 is 36.1 Å². The van der Waals surface area contributed by atoms with Crippen LogP contribution in [0.4, 0.5) is 5.69 Å². The van der Waals surface area contributed by atoms with Crippen LogP contribution in [-0.2, 0) is 0 Å². The number of aryl methyl sites for hydroxylation is 1. The fraction of sp³-hybridized carbons (Fsp3) is 0.167. The molecule has 0 aliphatic carbocycles. The Bertz CT molecular complexity index is 364. The first kappa shape index (κ1) is 11.1. The Balaban J connectivity index is 0.000000605. The number of nitrogens with two attached hydrogens (primary N) is 1. The largest absolute Gasteiger partial charge is 0.394 e. The van der Waals surface area contributed by atoms with E-state index in [2.05, 4.69) is 10.1 Å². The molecule has 0 spiro atoms. The molecular weight excluding hydrogens is 199 g/mol. The summed E-state index contributed by atoms with van der Waals surface area (Å²) in [5, 5.41) is 4.13. The number of hydrogen-bond donors (Lipinski definition) is 2. The van der Waals surface area contributed by atoms with Crippen LogP contribution >= 0.6 is 24.8 Å². The zero-order chi connectivity index (χ0) is 7.14. The summed E-state index contributed by atoms with van der Waals surface area (Å²) in [4.78, 5) is 2.98. The minimum Gasteiger partial charge on any atom is -0.394 e. The third-order valence-electron chi connectivity index (χ3n) is 1.57. The van der Waals surface area contributed by atoms with E-state index >= 15 is 0 Å². The summed E-state index contributed by atoms with van der Waals surface area (Å²) < 4.78 is 1.73. The molecule has 0 fully saturated rings. The van der Waals surface area contributed by atoms with Crippen molar-refractivity contribution in [1.29, 1.82) is 0 Å². The van der Waals surface area contributed by atoms with Gasteiger partial charge >= 0.3 is 0 Å². The number of nitrogens with one attached hydrogen (secondary N) is 1. The molecule has 6 heteroatoms. The van der Waals surface area contributed by atoms with Gasteiger partial charge in [-0.2, -0.15) is 5.10 Å². The average molecular weight is 209 g/mol. The predicted molar refractivity (Wildman–Crippen MR) is 53.2 cm³/mol. The summed E-state index contributed by atoms with van der Waals surface area (Å²) in [6, 6.07) is 0. The van der Waals surface area contributed by atoms with Gasteiger partial charge in [0, 0.05) is 12.4 Å². The van der Waals surface area contributed by atoms with Gasteiger partial charge in [0.05, 0.1) is 11.4 Å². The molecule has 2 aromatic heterocycles. The van der Waals surface area contributed by atoms with Crippen molar-refractivity contribution in [2.24, 2.45) is 0 Å². The van der Waals surface area contributed by atoms with Crippen LogP contribution in [0, 0.1) is 6.92 Å². The predicted octanol–water partition coefficient (Wildman–Crippen LogP) is 1.40. The fourth-order valence-corrected chi connectivity index (χ4v) is 0.999. The fourth-order valence-electron chi connectivity index (χ4n) is 0.999. The summed E-state index contributed by atoms with van der Waals surface area (Å²) in [5.41, 5.74) is 8.14. The highest BCUT2D eigenvalue weighted by molar-refractivity contribution is 5.85. The number of aromatic nitrogens is 3. The highest BCUT2D eigenvalue weighted by Crippen LogP contribution is 2.13. The molecule has 0 saturated carbocycles. The monoisotopic (exact) mass is 208 g/mol. The Morgan fingerprint density at radius 3 is 2.75 bits per heavy atom. The maximum absolute atomic E-state index is 5.67. The minimum absolute atomic E-state index is 0. The number of nitrogen functional groups attached to an aromatic ring is 1. The van der Waals surface area contributed by atoms with E-state index in [4.69, 9.17) is 5.73 Å². The van der Waals surface area contributed by atoms with Crippen LogP contribution in [0.15, 0.2) is 12.4 Å². The topological polar surface area (TPSA) is 59.1 Å². The van der Waals surface area contributed by atoms with E-state index in [1.54, 1.807) is 10.7 Å². The van der Waals surface area contributed by atoms with Gasteiger partial charge in [-0.15, -0.1) is 24.8 Å². The van der Waals surface area contributed by atoms with Gasteiger partial charge in [0.1, 0.15) is 0 Å². The molecule has 2 heterocycles. The number of aromatic amines is 1. The minimum atomic E-state index is 0. The molecular formula is C6H10Cl2N4. The van der Waals surface area contributed by atoms with Gasteiger partial charge in [-0.3, -0.25) is 0 Å². The Labute approximate surface area is 82.0 Å². The Morgan fingerprint density at radius 2 is 2.17 bits per heavy atom. The highest BCUT2D eigenvalue weighted by Gasteiger charge is 2.03. The molecule has 0 saturated heterocycles. The van der Waals surface area contributed by atoms with E-state index in [1.807, 2.05) is 13.1 Å². The molecule has 2 rings (SSSR count). The lowest BCUT2D eigenvalue weighted by Crippen LogP contribution is -1.84. The zero-order valence-corrected chi connectivity index (χ0v) is 8.08. The number of anilines is 1. The molecule has 0 aliphatic rings. The lowest BCUT2D eigenvalue weighted by molar-refractivity contribution is 0.945. The lowest BCUT2D eigenvalue weighted by atomic mass is 10.4. The maximum atomic E-state index is 5.67. The van der Waals surface area contributed by atoms with Crippen LogP contribution in [0.1, 0.15) is 5.69 Å². The van der Waals surface area contributed by atoms with E-state index in [1.165, 1.54) is 0 Å². The van der Waals surface area contributed by atoms with Crippen LogP contribution in [0.25, 0.3) is 5.65 Å². The van der Waals surface area contributed by atoms with Crippen LogP contribution in [0.3, 0.4) is 0 Å². The highest BCUT2D eigenvalue weighted by atomic mass is 35.5. The summed E-state index contributed by atoms with van der Waals surface area (Å²) in [6.45, 7) is 1.89. The number of halogens is 2. The van der Waals surface area contributed by atoms with E-state index < -0.39 is 0 Å². The summed E-state index contributed by atoms with van der Waals surface area (Å²) in [6.07, 6.45) is 3.64. The molecule has 2 aromatic rings. The molecule has 0 atom stereocenters. The summed E-state index contributed by atoms with van der Waals surface area (Å²) in [7, 11) is 0. The molecule has 4 nitrogen and oxygen atoms in total. The van der Waals surface area contributed by atoms with Gasteiger partial charge in [-0.1, -0.05) is 0 Å². The number of nitrogens with zero attached hydrogens (tertiary/aromatic N) is 2. The molecule has 0 aromatic carbocycles. The van der Waals surface area contributed by atoms with Crippen LogP contribution < -0.4 is 5.73 Å². The van der Waals surface area contributed by atoms with Crippen molar-refractivity contribution in [2.75, 3.05) is 5.73 Å². The first-order valence-corrected chi connectivity index (χ1v) is 3.07. The molecule has 12 heavy (non-hydrogen) atoms. The second-order valence-electron chi connectivity index (χ2n) is 2.25. The van der Waals surface area contributed by atoms with Crippen molar-refractivity contribution in [1.82, 2.24) is 14.6 Å². The Kier molecular flexibility index (Phi) is 3.42. The molecule has 3 N–H and O–H groups in total. The van der Waals surface area contributed by atoms with Crippen molar-refractivity contribution < 1.29 is 0 Å². The first-order chi connectivity index (χ1) is 4.79. The van der Waals surface area contributed by atoms with Gasteiger partial charge in [-0.05, 0) is 6.92 Å². The van der Waals surface area contributed by atoms with Gasteiger partial charge in [0.25, 0.3) is 0 Å². The van der Waals surface area contributed by atoms with Gasteiger partial charge in [-0.25, -0.2) is 4.52 Å². The van der Waals surface area contributed by atoms with Crippen LogP contribution in [0.5, 0.6) is 0 Å². The summed E-state index contributed by atoms with van der Waals surface area (Å²) in [5.74, 6) is 0. The number of H-pyrrole nitrogens is 1. The van der Waals surface area contributed by atoms with E-state index in [0.29, 0.717) is 0 Å². The third-order valence-corrected chi connectivity index (χ3v) is 1.57. The summed E-state index contributed by atoms with van der Waals surface area (Å²) >= 11 is 0. The standard InChI is InChI=1S/C6H8N4.2ClH/c1-4-5(7)6-8-2-3-10(6)9-4;;/h2-3,8H,7H2,1H3;2*1H. The SMILES string of the molecule is Cc1nn2cc[nH]c2c1N.Cl.Cl. The molecule has 0 aliphatic heterocycles. The molecule has 0 bridgehead atoms. The second kappa shape index (κ2) is 3.69. The van der Waals surface area contributed by atoms with Crippen molar-refractivity contribution in [3.8, 4) is 0 Å². The first-order valence-electron chi connectivity index (χ1n) is 3.07. The van der Waals surface area contributed by atoms with E-state index in [-0.39, 0.29) is 24.8 Å². The average Bonchev–Trinajstić information content (AvgIpc) is 2.41. The quantitative estimate of drug-likeness (QED) is 0.688. The molecule has 68 valence electrons. The number of hydrogen-bond acceptors (Lipinski definition) is 2. The Morgan fingerprint density at radius 1 is 1.50 bits per heavy atom.